The Hall–Kier alpha value is -1.06. The maximum Gasteiger partial charge on any atom is 0.119 e. The summed E-state index contributed by atoms with van der Waals surface area (Å²) in [6.07, 6.45) is 0. The van der Waals surface area contributed by atoms with Gasteiger partial charge in [0.25, 0.3) is 0 Å². The zero-order chi connectivity index (χ0) is 10.6. The summed E-state index contributed by atoms with van der Waals surface area (Å²) in [4.78, 5) is 4.69. The summed E-state index contributed by atoms with van der Waals surface area (Å²) in [6, 6.07) is 7.93. The van der Waals surface area contributed by atoms with E-state index >= 15 is 0 Å². The number of rotatable bonds is 4. The first-order valence-corrected chi connectivity index (χ1v) is 4.56. The first kappa shape index (κ1) is 11.0. The summed E-state index contributed by atoms with van der Waals surface area (Å²) >= 11 is 0. The van der Waals surface area contributed by atoms with Gasteiger partial charge in [-0.25, -0.2) is 5.90 Å². The van der Waals surface area contributed by atoms with Gasteiger partial charge < -0.3 is 9.57 Å². The highest BCUT2D eigenvalue weighted by atomic mass is 16.6. The molecule has 0 aliphatic rings. The zero-order valence-electron chi connectivity index (χ0n) is 8.91. The van der Waals surface area contributed by atoms with Crippen molar-refractivity contribution in [3.05, 3.63) is 29.8 Å². The molecular weight excluding hydrogens is 178 g/mol. The second-order valence-electron chi connectivity index (χ2n) is 3.93. The van der Waals surface area contributed by atoms with E-state index in [9.17, 15) is 0 Å². The molecule has 0 amide bonds. The number of benzene rings is 1. The maximum atomic E-state index is 5.16. The third kappa shape index (κ3) is 2.47. The molecule has 0 heterocycles. The van der Waals surface area contributed by atoms with Gasteiger partial charge >= 0.3 is 0 Å². The molecule has 0 spiro atoms. The molecule has 2 N–H and O–H groups in total. The fraction of sp³-hybridized carbons (Fsp3) is 0.455. The molecule has 0 saturated carbocycles. The lowest BCUT2D eigenvalue weighted by molar-refractivity contribution is 0.0963. The Balaban J connectivity index is 2.93. The molecule has 3 nitrogen and oxygen atoms in total. The molecule has 1 aromatic rings. The summed E-state index contributed by atoms with van der Waals surface area (Å²) in [6.45, 7) is 4.64. The number of nitrogens with two attached hydrogens (primary N) is 1. The lowest BCUT2D eigenvalue weighted by Crippen LogP contribution is -2.26. The fourth-order valence-electron chi connectivity index (χ4n) is 1.34. The molecule has 78 valence electrons. The SMILES string of the molecule is COc1cccc(C(C)(C)CON)c1. The van der Waals surface area contributed by atoms with Gasteiger partial charge in [-0.2, -0.15) is 0 Å². The highest BCUT2D eigenvalue weighted by Crippen LogP contribution is 2.26. The zero-order valence-corrected chi connectivity index (χ0v) is 8.91. The molecule has 0 fully saturated rings. The van der Waals surface area contributed by atoms with E-state index < -0.39 is 0 Å². The van der Waals surface area contributed by atoms with Gasteiger partial charge in [0.1, 0.15) is 5.75 Å². The molecule has 14 heavy (non-hydrogen) atoms. The van der Waals surface area contributed by atoms with Crippen molar-refractivity contribution in [1.82, 2.24) is 0 Å². The number of methoxy groups -OCH3 is 1. The molecule has 1 rings (SSSR count). The van der Waals surface area contributed by atoms with E-state index in [1.165, 1.54) is 0 Å². The molecule has 0 atom stereocenters. The molecule has 0 aromatic heterocycles. The molecule has 0 aliphatic carbocycles. The van der Waals surface area contributed by atoms with E-state index in [0.29, 0.717) is 6.61 Å². The van der Waals surface area contributed by atoms with E-state index in [-0.39, 0.29) is 5.41 Å². The van der Waals surface area contributed by atoms with E-state index in [0.717, 1.165) is 11.3 Å². The van der Waals surface area contributed by atoms with Crippen molar-refractivity contribution in [2.45, 2.75) is 19.3 Å². The van der Waals surface area contributed by atoms with Gasteiger partial charge in [0.05, 0.1) is 13.7 Å². The van der Waals surface area contributed by atoms with Crippen LogP contribution in [0.4, 0.5) is 0 Å². The highest BCUT2D eigenvalue weighted by Gasteiger charge is 2.20. The normalized spacial score (nSPS) is 11.4. The van der Waals surface area contributed by atoms with Crippen LogP contribution in [-0.4, -0.2) is 13.7 Å². The predicted molar refractivity (Wildman–Crippen MR) is 56.2 cm³/mol. The Morgan fingerprint density at radius 1 is 1.36 bits per heavy atom. The molecule has 0 saturated heterocycles. The summed E-state index contributed by atoms with van der Waals surface area (Å²) in [5.41, 5.74) is 1.06. The van der Waals surface area contributed by atoms with Gasteiger partial charge in [0.2, 0.25) is 0 Å². The summed E-state index contributed by atoms with van der Waals surface area (Å²) in [7, 11) is 1.66. The number of ether oxygens (including phenoxy) is 1. The van der Waals surface area contributed by atoms with E-state index in [1.807, 2.05) is 24.3 Å². The first-order chi connectivity index (χ1) is 6.60. The second-order valence-corrected chi connectivity index (χ2v) is 3.93. The monoisotopic (exact) mass is 195 g/mol. The number of hydrogen-bond acceptors (Lipinski definition) is 3. The quantitative estimate of drug-likeness (QED) is 0.746. The molecule has 1 aromatic carbocycles. The molecular formula is C11H17NO2. The third-order valence-corrected chi connectivity index (χ3v) is 2.30. The smallest absolute Gasteiger partial charge is 0.119 e. The summed E-state index contributed by atoms with van der Waals surface area (Å²) in [5.74, 6) is 5.95. The second kappa shape index (κ2) is 4.44. The standard InChI is InChI=1S/C11H17NO2/c1-11(2,8-14-12)9-5-4-6-10(7-9)13-3/h4-7H,8,12H2,1-3H3. The average molecular weight is 195 g/mol. The lowest BCUT2D eigenvalue weighted by atomic mass is 9.85. The van der Waals surface area contributed by atoms with Crippen molar-refractivity contribution >= 4 is 0 Å². The van der Waals surface area contributed by atoms with Crippen molar-refractivity contribution < 1.29 is 9.57 Å². The number of hydrogen-bond donors (Lipinski definition) is 1. The van der Waals surface area contributed by atoms with Gasteiger partial charge in [-0.1, -0.05) is 26.0 Å². The van der Waals surface area contributed by atoms with Crippen LogP contribution in [0.2, 0.25) is 0 Å². The van der Waals surface area contributed by atoms with Gasteiger partial charge in [-0.15, -0.1) is 0 Å². The van der Waals surface area contributed by atoms with Gasteiger partial charge in [0, 0.05) is 5.41 Å². The Kier molecular flexibility index (Phi) is 3.49. The van der Waals surface area contributed by atoms with Crippen LogP contribution in [0.3, 0.4) is 0 Å². The molecule has 0 bridgehead atoms. The molecule has 3 heteroatoms. The van der Waals surface area contributed by atoms with Crippen LogP contribution in [0.1, 0.15) is 19.4 Å². The molecule has 0 unspecified atom stereocenters. The van der Waals surface area contributed by atoms with Gasteiger partial charge in [-0.05, 0) is 17.7 Å². The van der Waals surface area contributed by atoms with Crippen LogP contribution in [0.5, 0.6) is 5.75 Å². The Morgan fingerprint density at radius 3 is 2.64 bits per heavy atom. The van der Waals surface area contributed by atoms with Gasteiger partial charge in [-0.3, -0.25) is 0 Å². The summed E-state index contributed by atoms with van der Waals surface area (Å²) < 4.78 is 5.16. The average Bonchev–Trinajstić information content (AvgIpc) is 2.18. The van der Waals surface area contributed by atoms with Crippen molar-refractivity contribution in [3.8, 4) is 5.75 Å². The minimum Gasteiger partial charge on any atom is -0.497 e. The molecule has 0 aliphatic heterocycles. The Bertz CT molecular complexity index is 297. The van der Waals surface area contributed by atoms with Crippen molar-refractivity contribution in [3.63, 3.8) is 0 Å². The van der Waals surface area contributed by atoms with E-state index in [1.54, 1.807) is 7.11 Å². The highest BCUT2D eigenvalue weighted by molar-refractivity contribution is 5.33. The fourth-order valence-corrected chi connectivity index (χ4v) is 1.34. The minimum absolute atomic E-state index is 0.0940. The largest absolute Gasteiger partial charge is 0.497 e. The minimum atomic E-state index is -0.0940. The Morgan fingerprint density at radius 2 is 2.07 bits per heavy atom. The summed E-state index contributed by atoms with van der Waals surface area (Å²) in [5, 5.41) is 0. The molecule has 0 radical (unpaired) electrons. The predicted octanol–water partition coefficient (Wildman–Crippen LogP) is 1.86. The van der Waals surface area contributed by atoms with Crippen molar-refractivity contribution in [1.29, 1.82) is 0 Å². The van der Waals surface area contributed by atoms with E-state index in [4.69, 9.17) is 15.5 Å². The van der Waals surface area contributed by atoms with Crippen LogP contribution in [0.25, 0.3) is 0 Å². The van der Waals surface area contributed by atoms with E-state index in [2.05, 4.69) is 13.8 Å². The van der Waals surface area contributed by atoms with Gasteiger partial charge in [0.15, 0.2) is 0 Å². The first-order valence-electron chi connectivity index (χ1n) is 4.56. The van der Waals surface area contributed by atoms with Crippen LogP contribution >= 0.6 is 0 Å². The van der Waals surface area contributed by atoms with Crippen LogP contribution < -0.4 is 10.6 Å². The maximum absolute atomic E-state index is 5.16. The lowest BCUT2D eigenvalue weighted by Gasteiger charge is -2.23. The van der Waals surface area contributed by atoms with Crippen LogP contribution in [0, 0.1) is 0 Å². The topological polar surface area (TPSA) is 44.5 Å². The van der Waals surface area contributed by atoms with Crippen LogP contribution in [-0.2, 0) is 10.3 Å². The Labute approximate surface area is 84.8 Å². The third-order valence-electron chi connectivity index (χ3n) is 2.30. The van der Waals surface area contributed by atoms with Crippen molar-refractivity contribution in [2.75, 3.05) is 13.7 Å². The van der Waals surface area contributed by atoms with Crippen LogP contribution in [0.15, 0.2) is 24.3 Å². The van der Waals surface area contributed by atoms with Crippen molar-refractivity contribution in [2.24, 2.45) is 5.90 Å².